The molecule has 7 heteroatoms. The third-order valence-electron chi connectivity index (χ3n) is 11.1. The first kappa shape index (κ1) is 52.6. The molecule has 0 amide bonds. The predicted molar refractivity (Wildman–Crippen MR) is 222 cm³/mol. The molecule has 0 unspecified atom stereocenters. The number of benzene rings is 2. The summed E-state index contributed by atoms with van der Waals surface area (Å²) in [5.41, 5.74) is 3.13. The van der Waals surface area contributed by atoms with Crippen LogP contribution in [-0.2, 0) is 43.1 Å². The Bertz CT molecular complexity index is 1290. The van der Waals surface area contributed by atoms with Gasteiger partial charge in [-0.15, -0.1) is 0 Å². The smallest absolute Gasteiger partial charge is 0.545 e. The largest absolute Gasteiger partial charge is 2.00 e. The van der Waals surface area contributed by atoms with Crippen LogP contribution in [0.1, 0.15) is 228 Å². The number of unbranched alkanes of at least 4 members (excludes halogenated alkanes) is 10. The number of carboxylic acids is 2. The van der Waals surface area contributed by atoms with Crippen LogP contribution in [-0.4, -0.2) is 22.2 Å². The molecule has 2 aromatic carbocycles. The molecule has 0 fully saturated rings. The van der Waals surface area contributed by atoms with Crippen LogP contribution in [0.4, 0.5) is 0 Å². The molecular formula is C48H78O6Zn. The molecule has 308 valence electrons. The summed E-state index contributed by atoms with van der Waals surface area (Å²) in [6.07, 6.45) is 21.9. The standard InChI is InChI=1S/2C24H40O3.Zn/c2*1-6-7-12-15-24(4,5)20-16-19(22(25)21(17-20)23(26)27)14-11-9-8-10-13-18(2)3;/h2*16-18,25H,6-15H2,1-5H3,(H,26,27);/q;;+2/p-2. The maximum atomic E-state index is 11.5. The second-order valence-corrected chi connectivity index (χ2v) is 18.0. The maximum Gasteiger partial charge on any atom is 2.00 e. The summed E-state index contributed by atoms with van der Waals surface area (Å²) < 4.78 is 0. The summed E-state index contributed by atoms with van der Waals surface area (Å²) in [4.78, 5) is 23.0. The average molecular weight is 817 g/mol. The van der Waals surface area contributed by atoms with Gasteiger partial charge in [0.05, 0.1) is 11.9 Å². The van der Waals surface area contributed by atoms with Crippen molar-refractivity contribution in [1.29, 1.82) is 0 Å². The normalized spacial score (nSPS) is 11.7. The van der Waals surface area contributed by atoms with E-state index in [1.165, 1.54) is 51.4 Å². The topological polar surface area (TPSA) is 121 Å². The van der Waals surface area contributed by atoms with Gasteiger partial charge in [-0.2, -0.15) is 0 Å². The fourth-order valence-electron chi connectivity index (χ4n) is 7.23. The molecular weight excluding hydrogens is 738 g/mol. The zero-order valence-corrected chi connectivity index (χ0v) is 39.8. The van der Waals surface area contributed by atoms with Crippen LogP contribution in [0.2, 0.25) is 0 Å². The molecule has 0 radical (unpaired) electrons. The minimum atomic E-state index is -1.29. The summed E-state index contributed by atoms with van der Waals surface area (Å²) in [5.74, 6) is -1.32. The predicted octanol–water partition coefficient (Wildman–Crippen LogP) is 11.5. The molecule has 0 saturated heterocycles. The van der Waals surface area contributed by atoms with E-state index < -0.39 is 11.9 Å². The molecule has 0 aliphatic heterocycles. The van der Waals surface area contributed by atoms with Gasteiger partial charge in [0.15, 0.2) is 0 Å². The molecule has 2 rings (SSSR count). The van der Waals surface area contributed by atoms with Gasteiger partial charge in [0.2, 0.25) is 0 Å². The Balaban J connectivity index is 0.00000104. The van der Waals surface area contributed by atoms with Crippen molar-refractivity contribution in [3.8, 4) is 11.5 Å². The van der Waals surface area contributed by atoms with Crippen molar-refractivity contribution in [3.63, 3.8) is 0 Å². The quantitative estimate of drug-likeness (QED) is 0.0720. The fraction of sp³-hybridized carbons (Fsp3) is 0.708. The van der Waals surface area contributed by atoms with E-state index in [-0.39, 0.29) is 52.9 Å². The first-order chi connectivity index (χ1) is 25.4. The van der Waals surface area contributed by atoms with Crippen LogP contribution in [0, 0.1) is 11.8 Å². The van der Waals surface area contributed by atoms with Crippen LogP contribution >= 0.6 is 0 Å². The second kappa shape index (κ2) is 27.3. The van der Waals surface area contributed by atoms with E-state index >= 15 is 0 Å². The number of carbonyl (C=O) groups excluding carboxylic acids is 2. The van der Waals surface area contributed by atoms with E-state index in [2.05, 4.69) is 69.2 Å². The zero-order valence-electron chi connectivity index (χ0n) is 36.8. The number of carbonyl (C=O) groups is 2. The molecule has 0 aliphatic rings. The third-order valence-corrected chi connectivity index (χ3v) is 11.1. The summed E-state index contributed by atoms with van der Waals surface area (Å²) in [7, 11) is 0. The number of hydrogen-bond donors (Lipinski definition) is 2. The van der Waals surface area contributed by atoms with Crippen LogP contribution in [0.25, 0.3) is 0 Å². The van der Waals surface area contributed by atoms with Gasteiger partial charge in [0.1, 0.15) is 11.5 Å². The van der Waals surface area contributed by atoms with E-state index in [0.717, 1.165) is 98.3 Å². The van der Waals surface area contributed by atoms with E-state index in [1.54, 1.807) is 12.1 Å². The van der Waals surface area contributed by atoms with Crippen molar-refractivity contribution in [3.05, 3.63) is 57.6 Å². The van der Waals surface area contributed by atoms with Gasteiger partial charge >= 0.3 is 19.5 Å². The number of hydrogen-bond acceptors (Lipinski definition) is 6. The Labute approximate surface area is 349 Å². The van der Waals surface area contributed by atoms with Gasteiger partial charge in [-0.25, -0.2) is 0 Å². The Morgan fingerprint density at radius 3 is 1.16 bits per heavy atom. The Morgan fingerprint density at radius 2 is 0.873 bits per heavy atom. The summed E-state index contributed by atoms with van der Waals surface area (Å²) in [6.45, 7) is 22.0. The minimum Gasteiger partial charge on any atom is -0.545 e. The van der Waals surface area contributed by atoms with Crippen molar-refractivity contribution in [1.82, 2.24) is 0 Å². The van der Waals surface area contributed by atoms with E-state index in [4.69, 9.17) is 0 Å². The number of aromatic hydroxyl groups is 2. The Hall–Kier alpha value is -2.40. The average Bonchev–Trinajstić information content (AvgIpc) is 3.08. The Kier molecular flexibility index (Phi) is 26.1. The van der Waals surface area contributed by atoms with Gasteiger partial charge in [-0.3, -0.25) is 0 Å². The molecule has 0 spiro atoms. The van der Waals surface area contributed by atoms with Crippen LogP contribution < -0.4 is 10.2 Å². The number of aryl methyl sites for hydroxylation is 2. The molecule has 0 saturated carbocycles. The Morgan fingerprint density at radius 1 is 0.545 bits per heavy atom. The summed E-state index contributed by atoms with van der Waals surface area (Å²) >= 11 is 0. The second-order valence-electron chi connectivity index (χ2n) is 18.0. The fourth-order valence-corrected chi connectivity index (χ4v) is 7.23. The van der Waals surface area contributed by atoms with Crippen molar-refractivity contribution >= 4 is 11.9 Å². The number of rotatable bonds is 26. The first-order valence-corrected chi connectivity index (χ1v) is 21.5. The van der Waals surface area contributed by atoms with Gasteiger partial charge in [-0.1, -0.05) is 171 Å². The first-order valence-electron chi connectivity index (χ1n) is 21.5. The summed E-state index contributed by atoms with van der Waals surface area (Å²) in [5, 5.41) is 43.9. The number of aromatic carboxylic acids is 2. The van der Waals surface area contributed by atoms with Gasteiger partial charge < -0.3 is 30.0 Å². The maximum absolute atomic E-state index is 11.5. The van der Waals surface area contributed by atoms with Gasteiger partial charge in [0, 0.05) is 11.1 Å². The van der Waals surface area contributed by atoms with E-state index in [9.17, 15) is 30.0 Å². The van der Waals surface area contributed by atoms with E-state index in [0.29, 0.717) is 12.8 Å². The molecule has 2 aromatic rings. The molecule has 0 bridgehead atoms. The van der Waals surface area contributed by atoms with Crippen LogP contribution in [0.5, 0.6) is 11.5 Å². The van der Waals surface area contributed by atoms with E-state index in [1.807, 2.05) is 12.1 Å². The van der Waals surface area contributed by atoms with Crippen molar-refractivity contribution in [2.75, 3.05) is 0 Å². The molecule has 2 N–H and O–H groups in total. The minimum absolute atomic E-state index is 0. The van der Waals surface area contributed by atoms with Gasteiger partial charge in [-0.05, 0) is 95.6 Å². The van der Waals surface area contributed by atoms with Crippen LogP contribution in [0.3, 0.4) is 0 Å². The molecule has 0 atom stereocenters. The molecule has 0 aromatic heterocycles. The number of phenols is 2. The molecule has 0 heterocycles. The van der Waals surface area contributed by atoms with Crippen molar-refractivity contribution in [2.45, 2.75) is 208 Å². The molecule has 0 aliphatic carbocycles. The summed E-state index contributed by atoms with van der Waals surface area (Å²) in [6, 6.07) is 7.26. The van der Waals surface area contributed by atoms with Crippen molar-refractivity contribution in [2.24, 2.45) is 11.8 Å². The third kappa shape index (κ3) is 20.0. The SMILES string of the molecule is CCCCCC(C)(C)c1cc(CCCCCCC(C)C)c(O)c(C(=O)[O-])c1.CCCCCC(C)(C)c1cc(CCCCCCC(C)C)c(O)c(C(=O)[O-])c1.[Zn+2]. The molecule has 55 heavy (non-hydrogen) atoms. The number of carboxylic acid groups (broad SMARTS) is 2. The molecule has 6 nitrogen and oxygen atoms in total. The zero-order chi connectivity index (χ0) is 40.9. The van der Waals surface area contributed by atoms with Crippen molar-refractivity contribution < 1.29 is 49.5 Å². The monoisotopic (exact) mass is 815 g/mol. The van der Waals surface area contributed by atoms with Gasteiger partial charge in [0.25, 0.3) is 0 Å². The van der Waals surface area contributed by atoms with Crippen LogP contribution in [0.15, 0.2) is 24.3 Å².